The molecule has 0 unspecified atom stereocenters. The first kappa shape index (κ1) is 15.4. The molecule has 0 aliphatic carbocycles. The Kier molecular flexibility index (Phi) is 5.20. The highest BCUT2D eigenvalue weighted by Gasteiger charge is 2.12. The van der Waals surface area contributed by atoms with Crippen LogP contribution in [0.4, 0.5) is 0 Å². The first-order valence-corrected chi connectivity index (χ1v) is 7.49. The lowest BCUT2D eigenvalue weighted by Gasteiger charge is -2.08. The average molecular weight is 290 g/mol. The molecular weight excluding hydrogens is 268 g/mol. The smallest absolute Gasteiger partial charge is 0.303 e. The van der Waals surface area contributed by atoms with Crippen molar-refractivity contribution in [2.24, 2.45) is 0 Å². The van der Waals surface area contributed by atoms with Crippen molar-refractivity contribution in [3.8, 4) is 5.75 Å². The van der Waals surface area contributed by atoms with Gasteiger partial charge in [0.25, 0.3) is 0 Å². The summed E-state index contributed by atoms with van der Waals surface area (Å²) in [6.07, 6.45) is 2.71. The quantitative estimate of drug-likeness (QED) is 0.810. The Hall–Kier alpha value is -2.04. The van der Waals surface area contributed by atoms with Crippen LogP contribution in [0.2, 0.25) is 0 Å². The van der Waals surface area contributed by atoms with Gasteiger partial charge in [-0.05, 0) is 25.5 Å². The standard InChI is InChI=1S/C16H22N2O3/c1-3-5-10-18-14-7-6-12(21-4-2)11-13(14)17-15(18)8-9-16(19)20/h6-7,11H,3-5,8-10H2,1-2H3,(H,19,20). The molecule has 0 aliphatic rings. The molecule has 0 amide bonds. The fraction of sp³-hybridized carbons (Fsp3) is 0.500. The summed E-state index contributed by atoms with van der Waals surface area (Å²) >= 11 is 0. The maximum absolute atomic E-state index is 10.8. The molecule has 0 saturated carbocycles. The third-order valence-corrected chi connectivity index (χ3v) is 3.41. The van der Waals surface area contributed by atoms with Crippen LogP contribution in [0.1, 0.15) is 38.9 Å². The zero-order chi connectivity index (χ0) is 15.2. The fourth-order valence-corrected chi connectivity index (χ4v) is 2.39. The van der Waals surface area contributed by atoms with E-state index in [4.69, 9.17) is 9.84 Å². The van der Waals surface area contributed by atoms with E-state index in [1.54, 1.807) is 0 Å². The van der Waals surface area contributed by atoms with Gasteiger partial charge in [-0.25, -0.2) is 4.98 Å². The van der Waals surface area contributed by atoms with Crippen molar-refractivity contribution in [2.45, 2.75) is 46.1 Å². The van der Waals surface area contributed by atoms with E-state index >= 15 is 0 Å². The van der Waals surface area contributed by atoms with Gasteiger partial charge in [0.05, 0.1) is 24.1 Å². The Bertz CT molecular complexity index is 619. The van der Waals surface area contributed by atoms with E-state index in [1.165, 1.54) is 0 Å². The number of imidazole rings is 1. The zero-order valence-electron chi connectivity index (χ0n) is 12.6. The van der Waals surface area contributed by atoms with Gasteiger partial charge < -0.3 is 14.4 Å². The summed E-state index contributed by atoms with van der Waals surface area (Å²) in [5.74, 6) is 0.850. The average Bonchev–Trinajstić information content (AvgIpc) is 2.80. The predicted octanol–water partition coefficient (Wildman–Crippen LogP) is 3.25. The van der Waals surface area contributed by atoms with E-state index in [0.29, 0.717) is 13.0 Å². The van der Waals surface area contributed by atoms with E-state index in [2.05, 4.69) is 16.5 Å². The van der Waals surface area contributed by atoms with Gasteiger partial charge in [0.2, 0.25) is 0 Å². The highest BCUT2D eigenvalue weighted by Crippen LogP contribution is 2.23. The van der Waals surface area contributed by atoms with E-state index < -0.39 is 5.97 Å². The number of carboxylic acid groups (broad SMARTS) is 1. The van der Waals surface area contributed by atoms with Crippen LogP contribution in [-0.2, 0) is 17.8 Å². The molecular formula is C16H22N2O3. The van der Waals surface area contributed by atoms with E-state index in [9.17, 15) is 4.79 Å². The SMILES string of the molecule is CCCCn1c(CCC(=O)O)nc2cc(OCC)ccc21. The molecule has 1 aromatic heterocycles. The maximum atomic E-state index is 10.8. The van der Waals surface area contributed by atoms with E-state index in [0.717, 1.165) is 42.0 Å². The van der Waals surface area contributed by atoms with Gasteiger partial charge >= 0.3 is 5.97 Å². The van der Waals surface area contributed by atoms with Crippen molar-refractivity contribution in [1.82, 2.24) is 9.55 Å². The number of carbonyl (C=O) groups is 1. The molecule has 5 heteroatoms. The summed E-state index contributed by atoms with van der Waals surface area (Å²) in [7, 11) is 0. The predicted molar refractivity (Wildman–Crippen MR) is 81.8 cm³/mol. The molecule has 0 saturated heterocycles. The Balaban J connectivity index is 2.36. The molecule has 0 fully saturated rings. The highest BCUT2D eigenvalue weighted by atomic mass is 16.5. The number of aliphatic carboxylic acids is 1. The number of nitrogens with zero attached hydrogens (tertiary/aromatic N) is 2. The molecule has 21 heavy (non-hydrogen) atoms. The van der Waals surface area contributed by atoms with Crippen molar-refractivity contribution in [3.63, 3.8) is 0 Å². The van der Waals surface area contributed by atoms with Gasteiger partial charge in [0.15, 0.2) is 0 Å². The minimum atomic E-state index is -0.792. The van der Waals surface area contributed by atoms with Gasteiger partial charge in [-0.15, -0.1) is 0 Å². The molecule has 1 N–H and O–H groups in total. The van der Waals surface area contributed by atoms with Crippen molar-refractivity contribution < 1.29 is 14.6 Å². The molecule has 2 rings (SSSR count). The normalized spacial score (nSPS) is 11.0. The lowest BCUT2D eigenvalue weighted by Crippen LogP contribution is -2.06. The third-order valence-electron chi connectivity index (χ3n) is 3.41. The molecule has 0 aliphatic heterocycles. The Morgan fingerprint density at radius 2 is 2.19 bits per heavy atom. The summed E-state index contributed by atoms with van der Waals surface area (Å²) < 4.78 is 7.64. The van der Waals surface area contributed by atoms with Crippen molar-refractivity contribution in [2.75, 3.05) is 6.61 Å². The first-order valence-electron chi connectivity index (χ1n) is 7.49. The number of aromatic nitrogens is 2. The minimum absolute atomic E-state index is 0.105. The molecule has 2 aromatic rings. The number of unbranched alkanes of at least 4 members (excludes halogenated alkanes) is 1. The van der Waals surface area contributed by atoms with E-state index in [1.807, 2.05) is 25.1 Å². The summed E-state index contributed by atoms with van der Waals surface area (Å²) in [4.78, 5) is 15.4. The third kappa shape index (κ3) is 3.74. The second-order valence-corrected chi connectivity index (χ2v) is 5.01. The summed E-state index contributed by atoms with van der Waals surface area (Å²) in [6.45, 7) is 5.58. The second-order valence-electron chi connectivity index (χ2n) is 5.01. The van der Waals surface area contributed by atoms with Gasteiger partial charge in [0, 0.05) is 19.0 Å². The van der Waals surface area contributed by atoms with Crippen LogP contribution in [0.25, 0.3) is 11.0 Å². The van der Waals surface area contributed by atoms with E-state index in [-0.39, 0.29) is 6.42 Å². The number of fused-ring (bicyclic) bond motifs is 1. The Labute approximate surface area is 124 Å². The summed E-state index contributed by atoms with van der Waals surface area (Å²) in [6, 6.07) is 5.87. The zero-order valence-corrected chi connectivity index (χ0v) is 12.6. The van der Waals surface area contributed by atoms with Gasteiger partial charge in [-0.3, -0.25) is 4.79 Å². The Morgan fingerprint density at radius 1 is 1.38 bits per heavy atom. The fourth-order valence-electron chi connectivity index (χ4n) is 2.39. The van der Waals surface area contributed by atoms with Crippen molar-refractivity contribution >= 4 is 17.0 Å². The summed E-state index contributed by atoms with van der Waals surface area (Å²) in [5.41, 5.74) is 1.92. The highest BCUT2D eigenvalue weighted by molar-refractivity contribution is 5.78. The summed E-state index contributed by atoms with van der Waals surface area (Å²) in [5, 5.41) is 8.87. The molecule has 1 heterocycles. The van der Waals surface area contributed by atoms with Crippen LogP contribution in [0.3, 0.4) is 0 Å². The Morgan fingerprint density at radius 3 is 2.86 bits per heavy atom. The monoisotopic (exact) mass is 290 g/mol. The van der Waals surface area contributed by atoms with Crippen molar-refractivity contribution in [3.05, 3.63) is 24.0 Å². The molecule has 0 bridgehead atoms. The second kappa shape index (κ2) is 7.11. The van der Waals surface area contributed by atoms with Crippen LogP contribution in [-0.4, -0.2) is 27.2 Å². The topological polar surface area (TPSA) is 64.4 Å². The van der Waals surface area contributed by atoms with Gasteiger partial charge in [-0.2, -0.15) is 0 Å². The number of rotatable bonds is 8. The molecule has 114 valence electrons. The minimum Gasteiger partial charge on any atom is -0.494 e. The number of benzene rings is 1. The van der Waals surface area contributed by atoms with Gasteiger partial charge in [-0.1, -0.05) is 13.3 Å². The number of hydrogen-bond donors (Lipinski definition) is 1. The van der Waals surface area contributed by atoms with Crippen LogP contribution in [0, 0.1) is 0 Å². The lowest BCUT2D eigenvalue weighted by molar-refractivity contribution is -0.137. The number of hydrogen-bond acceptors (Lipinski definition) is 3. The molecule has 0 spiro atoms. The first-order chi connectivity index (χ1) is 10.2. The van der Waals surface area contributed by atoms with Crippen molar-refractivity contribution in [1.29, 1.82) is 0 Å². The molecule has 5 nitrogen and oxygen atoms in total. The van der Waals surface area contributed by atoms with Crippen LogP contribution in [0.15, 0.2) is 18.2 Å². The maximum Gasteiger partial charge on any atom is 0.303 e. The largest absolute Gasteiger partial charge is 0.494 e. The van der Waals surface area contributed by atoms with Crippen LogP contribution < -0.4 is 4.74 Å². The molecule has 1 aromatic carbocycles. The van der Waals surface area contributed by atoms with Crippen LogP contribution in [0.5, 0.6) is 5.75 Å². The molecule has 0 radical (unpaired) electrons. The molecule has 0 atom stereocenters. The number of ether oxygens (including phenoxy) is 1. The number of aryl methyl sites for hydroxylation is 2. The van der Waals surface area contributed by atoms with Gasteiger partial charge in [0.1, 0.15) is 11.6 Å². The lowest BCUT2D eigenvalue weighted by atomic mass is 10.2. The van der Waals surface area contributed by atoms with Crippen LogP contribution >= 0.6 is 0 Å². The number of carboxylic acids is 1.